The Morgan fingerprint density at radius 2 is 1.62 bits per heavy atom. The highest BCUT2D eigenvalue weighted by Gasteiger charge is 2.38. The van der Waals surface area contributed by atoms with E-state index in [1.165, 1.54) is 29.2 Å². The van der Waals surface area contributed by atoms with E-state index in [-0.39, 0.29) is 17.7 Å². The van der Waals surface area contributed by atoms with Crippen molar-refractivity contribution in [2.24, 2.45) is 0 Å². The predicted molar refractivity (Wildman–Crippen MR) is 130 cm³/mol. The molecule has 0 aliphatic carbocycles. The molecular weight excluding hydrogens is 433 g/mol. The molecule has 0 saturated carbocycles. The lowest BCUT2D eigenvalue weighted by molar-refractivity contribution is -0.122. The van der Waals surface area contributed by atoms with Gasteiger partial charge in [0.15, 0.2) is 0 Å². The van der Waals surface area contributed by atoms with E-state index in [0.29, 0.717) is 22.6 Å². The molecule has 6 nitrogen and oxygen atoms in total. The molecule has 1 aliphatic heterocycles. The van der Waals surface area contributed by atoms with Crippen molar-refractivity contribution in [2.45, 2.75) is 38.6 Å². The third-order valence-electron chi connectivity index (χ3n) is 5.76. The van der Waals surface area contributed by atoms with Gasteiger partial charge >= 0.3 is 0 Å². The van der Waals surface area contributed by atoms with Gasteiger partial charge in [-0.1, -0.05) is 45.0 Å². The van der Waals surface area contributed by atoms with Gasteiger partial charge in [-0.25, -0.2) is 4.39 Å². The summed E-state index contributed by atoms with van der Waals surface area (Å²) in [5.74, 6) is -1.71. The van der Waals surface area contributed by atoms with Crippen LogP contribution in [0.25, 0.3) is 0 Å². The summed E-state index contributed by atoms with van der Waals surface area (Å²) in [6.07, 6.45) is -0.261. The number of carbonyl (C=O) groups excluding carboxylic acids is 3. The second-order valence-corrected chi connectivity index (χ2v) is 9.28. The lowest BCUT2D eigenvalue weighted by Gasteiger charge is -2.36. The Labute approximate surface area is 197 Å². The van der Waals surface area contributed by atoms with Crippen LogP contribution in [-0.2, 0) is 15.0 Å². The molecule has 1 atom stereocenters. The van der Waals surface area contributed by atoms with Crippen molar-refractivity contribution in [3.05, 3.63) is 89.7 Å². The summed E-state index contributed by atoms with van der Waals surface area (Å²) in [5.41, 5.74) is 2.85. The Morgan fingerprint density at radius 1 is 0.971 bits per heavy atom. The van der Waals surface area contributed by atoms with Crippen LogP contribution in [0, 0.1) is 5.82 Å². The zero-order chi connectivity index (χ0) is 24.5. The van der Waals surface area contributed by atoms with Gasteiger partial charge in [-0.3, -0.25) is 19.3 Å². The van der Waals surface area contributed by atoms with E-state index in [4.69, 9.17) is 0 Å². The van der Waals surface area contributed by atoms with Crippen molar-refractivity contribution in [1.82, 2.24) is 0 Å². The van der Waals surface area contributed by atoms with Crippen LogP contribution >= 0.6 is 0 Å². The number of rotatable bonds is 4. The molecule has 0 aromatic heterocycles. The monoisotopic (exact) mass is 459 g/mol. The first-order valence-corrected chi connectivity index (χ1v) is 11.0. The van der Waals surface area contributed by atoms with Gasteiger partial charge in [-0.05, 0) is 59.5 Å². The molecule has 7 heteroatoms. The van der Waals surface area contributed by atoms with Crippen LogP contribution in [0.4, 0.5) is 21.5 Å². The molecule has 0 bridgehead atoms. The number of anilines is 3. The summed E-state index contributed by atoms with van der Waals surface area (Å²) in [5, 5.41) is 5.45. The average Bonchev–Trinajstić information content (AvgIpc) is 2.80. The first-order valence-electron chi connectivity index (χ1n) is 11.0. The molecule has 2 N–H and O–H groups in total. The highest BCUT2D eigenvalue weighted by Crippen LogP contribution is 2.34. The fourth-order valence-electron chi connectivity index (χ4n) is 3.90. The highest BCUT2D eigenvalue weighted by molar-refractivity contribution is 6.17. The molecule has 0 fully saturated rings. The highest BCUT2D eigenvalue weighted by atomic mass is 19.1. The molecule has 3 amide bonds. The molecule has 0 radical (unpaired) electrons. The van der Waals surface area contributed by atoms with Crippen molar-refractivity contribution in [1.29, 1.82) is 0 Å². The van der Waals surface area contributed by atoms with Gasteiger partial charge < -0.3 is 10.6 Å². The minimum atomic E-state index is -1.05. The number of hydrogen-bond acceptors (Lipinski definition) is 3. The maximum Gasteiger partial charge on any atom is 0.259 e. The summed E-state index contributed by atoms with van der Waals surface area (Å²) in [4.78, 5) is 40.8. The van der Waals surface area contributed by atoms with E-state index in [0.717, 1.165) is 5.56 Å². The lowest BCUT2D eigenvalue weighted by Crippen LogP contribution is -2.52. The van der Waals surface area contributed by atoms with E-state index in [2.05, 4.69) is 31.4 Å². The number of nitrogens with zero attached hydrogens (tertiary/aromatic N) is 1. The number of carbonyl (C=O) groups is 3. The summed E-state index contributed by atoms with van der Waals surface area (Å²) < 4.78 is 13.2. The quantitative estimate of drug-likeness (QED) is 0.569. The number of amides is 3. The van der Waals surface area contributed by atoms with E-state index in [1.807, 2.05) is 12.1 Å². The smallest absolute Gasteiger partial charge is 0.259 e. The van der Waals surface area contributed by atoms with E-state index in [9.17, 15) is 18.8 Å². The second-order valence-electron chi connectivity index (χ2n) is 9.28. The van der Waals surface area contributed by atoms with Crippen LogP contribution in [0.3, 0.4) is 0 Å². The van der Waals surface area contributed by atoms with Crippen LogP contribution in [0.15, 0.2) is 72.8 Å². The number of nitrogens with one attached hydrogen (secondary N) is 2. The third-order valence-corrected chi connectivity index (χ3v) is 5.76. The molecule has 0 spiro atoms. The van der Waals surface area contributed by atoms with Gasteiger partial charge in [0.05, 0.1) is 17.8 Å². The molecule has 3 aromatic carbocycles. The Balaban J connectivity index is 1.64. The van der Waals surface area contributed by atoms with Gasteiger partial charge in [-0.2, -0.15) is 0 Å². The zero-order valence-corrected chi connectivity index (χ0v) is 19.3. The Bertz CT molecular complexity index is 1230. The van der Waals surface area contributed by atoms with Crippen LogP contribution in [0.1, 0.15) is 43.1 Å². The van der Waals surface area contributed by atoms with Crippen molar-refractivity contribution < 1.29 is 18.8 Å². The Morgan fingerprint density at radius 3 is 2.26 bits per heavy atom. The molecule has 174 valence electrons. The van der Waals surface area contributed by atoms with Crippen LogP contribution < -0.4 is 15.5 Å². The maximum absolute atomic E-state index is 13.6. The molecule has 1 unspecified atom stereocenters. The number of benzene rings is 3. The third kappa shape index (κ3) is 4.83. The molecule has 0 saturated heterocycles. The minimum absolute atomic E-state index is 0.0693. The minimum Gasteiger partial charge on any atom is -0.326 e. The van der Waals surface area contributed by atoms with Gasteiger partial charge in [0.25, 0.3) is 5.91 Å². The Hall–Kier alpha value is -4.00. The zero-order valence-electron chi connectivity index (χ0n) is 19.3. The van der Waals surface area contributed by atoms with Crippen LogP contribution in [0.5, 0.6) is 0 Å². The van der Waals surface area contributed by atoms with E-state index >= 15 is 0 Å². The van der Waals surface area contributed by atoms with Gasteiger partial charge in [0.2, 0.25) is 11.8 Å². The van der Waals surface area contributed by atoms with E-state index < -0.39 is 23.7 Å². The Kier molecular flexibility index (Phi) is 6.20. The summed E-state index contributed by atoms with van der Waals surface area (Å²) >= 11 is 0. The standard InChI is InChI=1S/C27H26FN3O3/c1-27(2,3)18-10-8-17(9-11-18)26(34)31-22-7-5-4-6-21(22)30-25(33)23(31)16-24(32)29-20-14-12-19(28)13-15-20/h4-15,23H,16H2,1-3H3,(H,29,32)(H,30,33). The van der Waals surface area contributed by atoms with Crippen molar-refractivity contribution in [3.63, 3.8) is 0 Å². The largest absolute Gasteiger partial charge is 0.326 e. The van der Waals surface area contributed by atoms with Crippen LogP contribution in [0.2, 0.25) is 0 Å². The molecule has 4 rings (SSSR count). The SMILES string of the molecule is CC(C)(C)c1ccc(C(=O)N2c3ccccc3NC(=O)C2CC(=O)Nc2ccc(F)cc2)cc1. The van der Waals surface area contributed by atoms with Gasteiger partial charge in [0, 0.05) is 11.3 Å². The lowest BCUT2D eigenvalue weighted by atomic mass is 9.86. The van der Waals surface area contributed by atoms with Crippen molar-refractivity contribution in [3.8, 4) is 0 Å². The van der Waals surface area contributed by atoms with Gasteiger partial charge in [-0.15, -0.1) is 0 Å². The predicted octanol–water partition coefficient (Wildman–Crippen LogP) is 5.12. The number of halogens is 1. The molecule has 1 aliphatic rings. The molecule has 1 heterocycles. The maximum atomic E-state index is 13.6. The van der Waals surface area contributed by atoms with Crippen molar-refractivity contribution in [2.75, 3.05) is 15.5 Å². The summed E-state index contributed by atoms with van der Waals surface area (Å²) in [6.45, 7) is 6.26. The number of fused-ring (bicyclic) bond motifs is 1. The number of para-hydroxylation sites is 2. The normalized spacial score (nSPS) is 15.4. The van der Waals surface area contributed by atoms with E-state index in [1.54, 1.807) is 36.4 Å². The molecular formula is C27H26FN3O3. The second kappa shape index (κ2) is 9.09. The average molecular weight is 460 g/mol. The fourth-order valence-corrected chi connectivity index (χ4v) is 3.90. The summed E-state index contributed by atoms with van der Waals surface area (Å²) in [6, 6.07) is 18.6. The summed E-state index contributed by atoms with van der Waals surface area (Å²) in [7, 11) is 0. The van der Waals surface area contributed by atoms with Crippen molar-refractivity contribution >= 4 is 34.8 Å². The first kappa shape index (κ1) is 23.2. The topological polar surface area (TPSA) is 78.5 Å². The van der Waals surface area contributed by atoms with Gasteiger partial charge in [0.1, 0.15) is 11.9 Å². The fraction of sp³-hybridized carbons (Fsp3) is 0.222. The number of hydrogen-bond donors (Lipinski definition) is 2. The molecule has 34 heavy (non-hydrogen) atoms. The molecule has 3 aromatic rings. The van der Waals surface area contributed by atoms with Crippen LogP contribution in [-0.4, -0.2) is 23.8 Å². The first-order chi connectivity index (χ1) is 16.1.